The van der Waals surface area contributed by atoms with E-state index in [1.165, 1.54) is 4.90 Å². The maximum atomic E-state index is 12.5. The predicted octanol–water partition coefficient (Wildman–Crippen LogP) is 0.281. The van der Waals surface area contributed by atoms with Gasteiger partial charge in [0.15, 0.2) is 0 Å². The van der Waals surface area contributed by atoms with Crippen molar-refractivity contribution in [3.8, 4) is 0 Å². The lowest BCUT2D eigenvalue weighted by Crippen LogP contribution is -2.53. The van der Waals surface area contributed by atoms with Crippen LogP contribution in [0.4, 0.5) is 4.79 Å². The van der Waals surface area contributed by atoms with Crippen molar-refractivity contribution in [3.05, 3.63) is 18.0 Å². The first-order chi connectivity index (χ1) is 9.71. The van der Waals surface area contributed by atoms with E-state index in [-0.39, 0.29) is 11.9 Å². The molecule has 20 heavy (non-hydrogen) atoms. The first-order valence-electron chi connectivity index (χ1n) is 6.94. The second-order valence-electron chi connectivity index (χ2n) is 5.36. The highest BCUT2D eigenvalue weighted by Crippen LogP contribution is 2.27. The van der Waals surface area contributed by atoms with Crippen molar-refractivity contribution in [1.29, 1.82) is 0 Å². The summed E-state index contributed by atoms with van der Waals surface area (Å²) in [7, 11) is 0. The van der Waals surface area contributed by atoms with Crippen molar-refractivity contribution in [3.63, 3.8) is 0 Å². The second kappa shape index (κ2) is 5.24. The summed E-state index contributed by atoms with van der Waals surface area (Å²) in [5.74, 6) is -0.0747. The molecule has 0 unspecified atom stereocenters. The number of rotatable bonds is 4. The van der Waals surface area contributed by atoms with E-state index in [0.29, 0.717) is 25.8 Å². The molecule has 0 saturated carbocycles. The van der Waals surface area contributed by atoms with E-state index in [2.05, 4.69) is 15.8 Å². The Morgan fingerprint density at radius 3 is 2.85 bits per heavy atom. The van der Waals surface area contributed by atoms with Gasteiger partial charge in [-0.25, -0.2) is 4.79 Å². The van der Waals surface area contributed by atoms with Crippen LogP contribution in [0.25, 0.3) is 0 Å². The number of carbonyl (C=O) groups is 2. The van der Waals surface area contributed by atoms with Crippen LogP contribution in [-0.4, -0.2) is 47.2 Å². The molecule has 2 saturated heterocycles. The summed E-state index contributed by atoms with van der Waals surface area (Å²) in [4.78, 5) is 25.8. The summed E-state index contributed by atoms with van der Waals surface area (Å²) < 4.78 is 4.75. The van der Waals surface area contributed by atoms with Gasteiger partial charge >= 0.3 is 6.03 Å². The van der Waals surface area contributed by atoms with Gasteiger partial charge in [-0.05, 0) is 38.8 Å². The molecule has 1 aromatic heterocycles. The maximum absolute atomic E-state index is 12.5. The van der Waals surface area contributed by atoms with E-state index in [4.69, 9.17) is 4.52 Å². The normalized spacial score (nSPS) is 21.5. The third-order valence-electron chi connectivity index (χ3n) is 4.03. The van der Waals surface area contributed by atoms with Crippen LogP contribution in [0.5, 0.6) is 0 Å². The van der Waals surface area contributed by atoms with Crippen LogP contribution in [0.3, 0.4) is 0 Å². The van der Waals surface area contributed by atoms with Gasteiger partial charge in [-0.15, -0.1) is 0 Å². The van der Waals surface area contributed by atoms with Gasteiger partial charge in [0, 0.05) is 12.1 Å². The fraction of sp³-hybridized carbons (Fsp3) is 0.615. The fourth-order valence-electron chi connectivity index (χ4n) is 2.86. The molecule has 2 fully saturated rings. The smallest absolute Gasteiger partial charge is 0.325 e. The molecule has 3 heterocycles. The molecule has 3 rings (SSSR count). The standard InChI is InChI=1S/C13H18N4O3/c18-11-13(3-5-14-6-4-13)16-12(19)17(11)7-1-2-10-8-15-20-9-10/h8-9,14H,1-7H2,(H,16,19). The summed E-state index contributed by atoms with van der Waals surface area (Å²) in [6.07, 6.45) is 6.03. The average molecular weight is 278 g/mol. The Hall–Kier alpha value is -1.89. The zero-order valence-corrected chi connectivity index (χ0v) is 11.2. The number of imide groups is 1. The lowest BCUT2D eigenvalue weighted by Gasteiger charge is -2.31. The van der Waals surface area contributed by atoms with Crippen LogP contribution >= 0.6 is 0 Å². The molecule has 3 amide bonds. The highest BCUT2D eigenvalue weighted by atomic mass is 16.5. The molecule has 0 aromatic carbocycles. The number of piperidine rings is 1. The van der Waals surface area contributed by atoms with Crippen LogP contribution in [0.15, 0.2) is 17.0 Å². The van der Waals surface area contributed by atoms with Gasteiger partial charge in [-0.1, -0.05) is 5.16 Å². The number of nitrogens with one attached hydrogen (secondary N) is 2. The van der Waals surface area contributed by atoms with E-state index in [1.807, 2.05) is 0 Å². The third-order valence-corrected chi connectivity index (χ3v) is 4.03. The number of hydrogen-bond donors (Lipinski definition) is 2. The lowest BCUT2D eigenvalue weighted by molar-refractivity contribution is -0.132. The van der Waals surface area contributed by atoms with Crippen molar-refractivity contribution in [2.45, 2.75) is 31.2 Å². The Balaban J connectivity index is 1.59. The van der Waals surface area contributed by atoms with Crippen LogP contribution < -0.4 is 10.6 Å². The molecule has 2 aliphatic rings. The molecule has 2 N–H and O–H groups in total. The zero-order chi connectivity index (χ0) is 14.0. The lowest BCUT2D eigenvalue weighted by atomic mass is 9.88. The zero-order valence-electron chi connectivity index (χ0n) is 11.2. The quantitative estimate of drug-likeness (QED) is 0.772. The summed E-state index contributed by atoms with van der Waals surface area (Å²) in [5, 5.41) is 9.72. The third kappa shape index (κ3) is 2.29. The summed E-state index contributed by atoms with van der Waals surface area (Å²) in [6.45, 7) is 1.96. The van der Waals surface area contributed by atoms with Crippen molar-refractivity contribution < 1.29 is 14.1 Å². The summed E-state index contributed by atoms with van der Waals surface area (Å²) in [6, 6.07) is -0.262. The van der Waals surface area contributed by atoms with Crippen LogP contribution in [0, 0.1) is 0 Å². The van der Waals surface area contributed by atoms with Gasteiger partial charge in [0.2, 0.25) is 0 Å². The number of amides is 3. The molecule has 2 aliphatic heterocycles. The topological polar surface area (TPSA) is 87.5 Å². The van der Waals surface area contributed by atoms with Crippen molar-refractivity contribution in [1.82, 2.24) is 20.7 Å². The number of aromatic nitrogens is 1. The Kier molecular flexibility index (Phi) is 3.43. The number of carbonyl (C=O) groups excluding carboxylic acids is 2. The molecule has 7 nitrogen and oxygen atoms in total. The van der Waals surface area contributed by atoms with E-state index in [1.54, 1.807) is 12.5 Å². The van der Waals surface area contributed by atoms with E-state index in [0.717, 1.165) is 25.1 Å². The van der Waals surface area contributed by atoms with Crippen LogP contribution in [-0.2, 0) is 11.2 Å². The van der Waals surface area contributed by atoms with Gasteiger partial charge < -0.3 is 15.2 Å². The molecule has 1 spiro atoms. The minimum Gasteiger partial charge on any atom is -0.364 e. The van der Waals surface area contributed by atoms with Gasteiger partial charge in [0.1, 0.15) is 11.8 Å². The summed E-state index contributed by atoms with van der Waals surface area (Å²) in [5.41, 5.74) is 0.313. The van der Waals surface area contributed by atoms with E-state index < -0.39 is 5.54 Å². The molecular weight excluding hydrogens is 260 g/mol. The summed E-state index contributed by atoms with van der Waals surface area (Å²) >= 11 is 0. The Morgan fingerprint density at radius 1 is 1.35 bits per heavy atom. The van der Waals surface area contributed by atoms with Crippen molar-refractivity contribution in [2.75, 3.05) is 19.6 Å². The minimum absolute atomic E-state index is 0.0747. The number of hydrogen-bond acceptors (Lipinski definition) is 5. The number of nitrogens with zero attached hydrogens (tertiary/aromatic N) is 2. The number of aryl methyl sites for hydroxylation is 1. The molecule has 0 aliphatic carbocycles. The monoisotopic (exact) mass is 278 g/mol. The minimum atomic E-state index is -0.667. The Labute approximate surface area is 116 Å². The molecule has 0 bridgehead atoms. The van der Waals surface area contributed by atoms with Gasteiger partial charge in [-0.2, -0.15) is 0 Å². The second-order valence-corrected chi connectivity index (χ2v) is 5.36. The molecule has 0 radical (unpaired) electrons. The number of urea groups is 1. The van der Waals surface area contributed by atoms with Gasteiger partial charge in [0.25, 0.3) is 5.91 Å². The molecule has 7 heteroatoms. The van der Waals surface area contributed by atoms with Crippen molar-refractivity contribution >= 4 is 11.9 Å². The Bertz CT molecular complexity index is 494. The largest absolute Gasteiger partial charge is 0.364 e. The molecule has 0 atom stereocenters. The average Bonchev–Trinajstić information content (AvgIpc) is 3.03. The maximum Gasteiger partial charge on any atom is 0.325 e. The Morgan fingerprint density at radius 2 is 2.15 bits per heavy atom. The van der Waals surface area contributed by atoms with E-state index in [9.17, 15) is 9.59 Å². The fourth-order valence-corrected chi connectivity index (χ4v) is 2.86. The van der Waals surface area contributed by atoms with Crippen LogP contribution in [0.2, 0.25) is 0 Å². The van der Waals surface area contributed by atoms with E-state index >= 15 is 0 Å². The highest BCUT2D eigenvalue weighted by Gasteiger charge is 2.50. The van der Waals surface area contributed by atoms with Crippen molar-refractivity contribution in [2.24, 2.45) is 0 Å². The highest BCUT2D eigenvalue weighted by molar-refractivity contribution is 6.07. The van der Waals surface area contributed by atoms with Gasteiger partial charge in [-0.3, -0.25) is 9.69 Å². The predicted molar refractivity (Wildman–Crippen MR) is 69.9 cm³/mol. The molecule has 108 valence electrons. The first-order valence-corrected chi connectivity index (χ1v) is 6.94. The van der Waals surface area contributed by atoms with Crippen LogP contribution in [0.1, 0.15) is 24.8 Å². The SMILES string of the molecule is O=C1NC2(CCNCC2)C(=O)N1CCCc1cnoc1. The molecule has 1 aromatic rings. The van der Waals surface area contributed by atoms with Gasteiger partial charge in [0.05, 0.1) is 6.20 Å². The first kappa shape index (κ1) is 13.1. The molecular formula is C13H18N4O3.